The zero-order valence-electron chi connectivity index (χ0n) is 10.6. The van der Waals surface area contributed by atoms with Crippen LogP contribution in [0.2, 0.25) is 0 Å². The van der Waals surface area contributed by atoms with E-state index < -0.39 is 18.0 Å². The predicted octanol–water partition coefficient (Wildman–Crippen LogP) is -0.528. The van der Waals surface area contributed by atoms with Crippen molar-refractivity contribution in [3.8, 4) is 0 Å². The monoisotopic (exact) mass is 255 g/mol. The summed E-state index contributed by atoms with van der Waals surface area (Å²) < 4.78 is 1.58. The van der Waals surface area contributed by atoms with Gasteiger partial charge in [0, 0.05) is 27.1 Å². The summed E-state index contributed by atoms with van der Waals surface area (Å²) in [5.74, 6) is -0.411. The molecular formula is C10H17N5O3. The second-order valence-corrected chi connectivity index (χ2v) is 3.94. The lowest BCUT2D eigenvalue weighted by atomic mass is 10.3. The second-order valence-electron chi connectivity index (χ2n) is 3.94. The summed E-state index contributed by atoms with van der Waals surface area (Å²) in [7, 11) is 3.20. The normalized spacial score (nSPS) is 11.9. The zero-order valence-corrected chi connectivity index (χ0v) is 10.6. The molecule has 1 heterocycles. The number of nitrogens with one attached hydrogen (secondary N) is 1. The molecule has 8 heteroatoms. The van der Waals surface area contributed by atoms with Crippen LogP contribution < -0.4 is 5.32 Å². The van der Waals surface area contributed by atoms with Gasteiger partial charge in [0.2, 0.25) is 0 Å². The summed E-state index contributed by atoms with van der Waals surface area (Å²) in [6.07, 6.45) is 2.08. The summed E-state index contributed by atoms with van der Waals surface area (Å²) in [4.78, 5) is 27.4. The van der Waals surface area contributed by atoms with Gasteiger partial charge in [0.1, 0.15) is 12.4 Å². The van der Waals surface area contributed by atoms with Crippen LogP contribution in [0.5, 0.6) is 0 Å². The van der Waals surface area contributed by atoms with Crippen LogP contribution in [-0.4, -0.2) is 56.4 Å². The van der Waals surface area contributed by atoms with Gasteiger partial charge in [-0.05, 0) is 6.92 Å². The molecule has 1 aromatic rings. The van der Waals surface area contributed by atoms with Crippen LogP contribution in [0.4, 0.5) is 4.79 Å². The van der Waals surface area contributed by atoms with E-state index in [2.05, 4.69) is 15.4 Å². The number of rotatable bonds is 5. The minimum absolute atomic E-state index is 0.361. The number of urea groups is 1. The maximum Gasteiger partial charge on any atom is 0.326 e. The van der Waals surface area contributed by atoms with Crippen LogP contribution in [0.15, 0.2) is 6.33 Å². The number of aryl methyl sites for hydroxylation is 1. The molecule has 18 heavy (non-hydrogen) atoms. The second kappa shape index (κ2) is 5.99. The van der Waals surface area contributed by atoms with E-state index in [1.54, 1.807) is 18.1 Å². The Hall–Kier alpha value is -2.12. The average Bonchev–Trinajstić information content (AvgIpc) is 2.72. The molecule has 0 saturated heterocycles. The maximum absolute atomic E-state index is 11.6. The number of nitrogens with zero attached hydrogens (tertiary/aromatic N) is 4. The Balaban J connectivity index is 2.35. The summed E-state index contributed by atoms with van der Waals surface area (Å²) in [6, 6.07) is -1.29. The standard InChI is InChI=1S/C10H17N5O3/c1-7(9(16)17)15(3)10(18)11-5-4-8-12-6-14(2)13-8/h6-7H,4-5H2,1-3H3,(H,11,18)(H,16,17). The first-order chi connectivity index (χ1) is 8.41. The smallest absolute Gasteiger partial charge is 0.326 e. The number of aromatic nitrogens is 3. The lowest BCUT2D eigenvalue weighted by molar-refractivity contribution is -0.141. The van der Waals surface area contributed by atoms with E-state index in [9.17, 15) is 9.59 Å². The van der Waals surface area contributed by atoms with Gasteiger partial charge in [-0.25, -0.2) is 14.6 Å². The molecule has 2 amide bonds. The lowest BCUT2D eigenvalue weighted by Gasteiger charge is -2.21. The lowest BCUT2D eigenvalue weighted by Crippen LogP contribution is -2.46. The summed E-state index contributed by atoms with van der Waals surface area (Å²) in [5, 5.41) is 15.4. The van der Waals surface area contributed by atoms with Gasteiger partial charge in [-0.2, -0.15) is 5.10 Å². The predicted molar refractivity (Wildman–Crippen MR) is 63.0 cm³/mol. The third kappa shape index (κ3) is 3.72. The molecule has 0 aromatic carbocycles. The Kier molecular flexibility index (Phi) is 4.64. The van der Waals surface area contributed by atoms with Crippen molar-refractivity contribution in [2.24, 2.45) is 7.05 Å². The molecule has 1 atom stereocenters. The van der Waals surface area contributed by atoms with Crippen LogP contribution in [0.3, 0.4) is 0 Å². The van der Waals surface area contributed by atoms with Crippen LogP contribution in [-0.2, 0) is 18.3 Å². The van der Waals surface area contributed by atoms with Crippen molar-refractivity contribution in [2.45, 2.75) is 19.4 Å². The van der Waals surface area contributed by atoms with Crippen molar-refractivity contribution < 1.29 is 14.7 Å². The number of hydrogen-bond donors (Lipinski definition) is 2. The number of carboxylic acids is 1. The highest BCUT2D eigenvalue weighted by Crippen LogP contribution is 1.96. The van der Waals surface area contributed by atoms with E-state index in [0.29, 0.717) is 18.8 Å². The third-order valence-electron chi connectivity index (χ3n) is 2.53. The number of aliphatic carboxylic acids is 1. The van der Waals surface area contributed by atoms with E-state index in [1.165, 1.54) is 14.0 Å². The molecule has 0 fully saturated rings. The van der Waals surface area contributed by atoms with Crippen molar-refractivity contribution in [1.82, 2.24) is 25.0 Å². The number of carbonyl (C=O) groups is 2. The van der Waals surface area contributed by atoms with Gasteiger partial charge in [0.05, 0.1) is 0 Å². The van der Waals surface area contributed by atoms with Gasteiger partial charge in [0.15, 0.2) is 5.82 Å². The van der Waals surface area contributed by atoms with Crippen molar-refractivity contribution in [1.29, 1.82) is 0 Å². The zero-order chi connectivity index (χ0) is 13.7. The molecule has 0 spiro atoms. The van der Waals surface area contributed by atoms with Crippen LogP contribution in [0.25, 0.3) is 0 Å². The number of amides is 2. The van der Waals surface area contributed by atoms with Crippen LogP contribution in [0, 0.1) is 0 Å². The largest absolute Gasteiger partial charge is 0.480 e. The minimum Gasteiger partial charge on any atom is -0.480 e. The van der Waals surface area contributed by atoms with Crippen molar-refractivity contribution in [3.63, 3.8) is 0 Å². The molecule has 0 aliphatic carbocycles. The van der Waals surface area contributed by atoms with Gasteiger partial charge in [-0.15, -0.1) is 0 Å². The van der Waals surface area contributed by atoms with Crippen molar-refractivity contribution >= 4 is 12.0 Å². The van der Waals surface area contributed by atoms with Gasteiger partial charge < -0.3 is 15.3 Å². The first kappa shape index (κ1) is 13.9. The fraction of sp³-hybridized carbons (Fsp3) is 0.600. The van der Waals surface area contributed by atoms with Gasteiger partial charge >= 0.3 is 12.0 Å². The van der Waals surface area contributed by atoms with Gasteiger partial charge in [-0.1, -0.05) is 0 Å². The van der Waals surface area contributed by atoms with E-state index in [4.69, 9.17) is 5.11 Å². The summed E-state index contributed by atoms with van der Waals surface area (Å²) in [5.41, 5.74) is 0. The molecule has 8 nitrogen and oxygen atoms in total. The first-order valence-electron chi connectivity index (χ1n) is 5.49. The highest BCUT2D eigenvalue weighted by atomic mass is 16.4. The molecule has 0 aliphatic rings. The van der Waals surface area contributed by atoms with Crippen molar-refractivity contribution in [3.05, 3.63) is 12.2 Å². The Bertz CT molecular complexity index is 431. The number of carbonyl (C=O) groups excluding carboxylic acids is 1. The molecular weight excluding hydrogens is 238 g/mol. The van der Waals surface area contributed by atoms with E-state index in [0.717, 1.165) is 4.90 Å². The molecule has 1 unspecified atom stereocenters. The van der Waals surface area contributed by atoms with E-state index in [1.807, 2.05) is 0 Å². The van der Waals surface area contributed by atoms with E-state index in [-0.39, 0.29) is 0 Å². The molecule has 2 N–H and O–H groups in total. The Labute approximate surface area is 105 Å². The topological polar surface area (TPSA) is 100 Å². The van der Waals surface area contributed by atoms with Crippen LogP contribution in [0.1, 0.15) is 12.7 Å². The molecule has 1 aromatic heterocycles. The SMILES string of the molecule is CC(C(=O)O)N(C)C(=O)NCCc1ncn(C)n1. The highest BCUT2D eigenvalue weighted by Gasteiger charge is 2.21. The van der Waals surface area contributed by atoms with Crippen LogP contribution >= 0.6 is 0 Å². The molecule has 100 valence electrons. The number of hydrogen-bond acceptors (Lipinski definition) is 4. The molecule has 1 rings (SSSR count). The van der Waals surface area contributed by atoms with Gasteiger partial charge in [0.25, 0.3) is 0 Å². The Morgan fingerprint density at radius 1 is 1.61 bits per heavy atom. The molecule has 0 saturated carbocycles. The van der Waals surface area contributed by atoms with Crippen molar-refractivity contribution in [2.75, 3.05) is 13.6 Å². The fourth-order valence-electron chi connectivity index (χ4n) is 1.25. The molecule has 0 bridgehead atoms. The first-order valence-corrected chi connectivity index (χ1v) is 5.49. The number of carboxylic acid groups (broad SMARTS) is 1. The highest BCUT2D eigenvalue weighted by molar-refractivity contribution is 5.82. The quantitative estimate of drug-likeness (QED) is 0.736. The minimum atomic E-state index is -1.04. The number of likely N-dealkylation sites (N-methyl/N-ethyl adjacent to an activating group) is 1. The van der Waals surface area contributed by atoms with Gasteiger partial charge in [-0.3, -0.25) is 4.68 Å². The van der Waals surface area contributed by atoms with E-state index >= 15 is 0 Å². The molecule has 0 radical (unpaired) electrons. The Morgan fingerprint density at radius 3 is 2.78 bits per heavy atom. The maximum atomic E-state index is 11.6. The fourth-order valence-corrected chi connectivity index (χ4v) is 1.25. The third-order valence-corrected chi connectivity index (χ3v) is 2.53. The molecule has 0 aliphatic heterocycles. The Morgan fingerprint density at radius 2 is 2.28 bits per heavy atom. The average molecular weight is 255 g/mol. The summed E-state index contributed by atoms with van der Waals surface area (Å²) in [6.45, 7) is 1.81. The summed E-state index contributed by atoms with van der Waals surface area (Å²) >= 11 is 0.